The van der Waals surface area contributed by atoms with Crippen molar-refractivity contribution in [2.24, 2.45) is 5.92 Å². The molecule has 1 fully saturated rings. The molecule has 1 unspecified atom stereocenters. The van der Waals surface area contributed by atoms with Gasteiger partial charge in [-0.2, -0.15) is 0 Å². The lowest BCUT2D eigenvalue weighted by Crippen LogP contribution is -2.47. The van der Waals surface area contributed by atoms with Gasteiger partial charge in [0.25, 0.3) is 5.91 Å². The molecule has 30 heavy (non-hydrogen) atoms. The summed E-state index contributed by atoms with van der Waals surface area (Å²) in [6.45, 7) is 2.63. The molecule has 11 heteroatoms. The summed E-state index contributed by atoms with van der Waals surface area (Å²) in [5, 5.41) is 0.147. The number of nitrogens with one attached hydrogen (secondary N) is 1. The van der Waals surface area contributed by atoms with E-state index in [1.54, 1.807) is 11.8 Å². The van der Waals surface area contributed by atoms with Gasteiger partial charge >= 0.3 is 5.97 Å². The van der Waals surface area contributed by atoms with Crippen molar-refractivity contribution in [1.29, 1.82) is 0 Å². The van der Waals surface area contributed by atoms with E-state index < -0.39 is 15.9 Å². The van der Waals surface area contributed by atoms with Crippen molar-refractivity contribution in [3.8, 4) is 0 Å². The lowest BCUT2D eigenvalue weighted by atomic mass is 9.98. The second kappa shape index (κ2) is 10.1. The van der Waals surface area contributed by atoms with E-state index in [4.69, 9.17) is 16.3 Å². The first-order chi connectivity index (χ1) is 14.0. The second-order valence-corrected chi connectivity index (χ2v) is 9.32. The number of benzene rings is 1. The van der Waals surface area contributed by atoms with Crippen LogP contribution in [-0.2, 0) is 24.3 Å². The highest BCUT2D eigenvalue weighted by Gasteiger charge is 2.30. The monoisotopic (exact) mass is 459 g/mol. The maximum atomic E-state index is 12.7. The van der Waals surface area contributed by atoms with Crippen LogP contribution in [0.3, 0.4) is 0 Å². The number of likely N-dealkylation sites (tertiary alicyclic amines) is 1. The van der Waals surface area contributed by atoms with Gasteiger partial charge in [-0.25, -0.2) is 8.42 Å². The van der Waals surface area contributed by atoms with E-state index >= 15 is 0 Å². The maximum absolute atomic E-state index is 12.7. The van der Waals surface area contributed by atoms with E-state index in [0.29, 0.717) is 19.4 Å². The van der Waals surface area contributed by atoms with Gasteiger partial charge in [0.1, 0.15) is 0 Å². The van der Waals surface area contributed by atoms with Gasteiger partial charge < -0.3 is 14.5 Å². The Balaban J connectivity index is 2.04. The number of nitrogens with zero attached hydrogens (tertiary/aromatic N) is 2. The van der Waals surface area contributed by atoms with E-state index in [2.05, 4.69) is 4.72 Å². The van der Waals surface area contributed by atoms with Gasteiger partial charge in [0.2, 0.25) is 15.9 Å². The third-order valence-corrected chi connectivity index (χ3v) is 5.54. The Bertz CT molecular complexity index is 921. The SMILES string of the molecule is CCOC(=O)C1CCCN(C(=O)CN(C)C(=O)c2ccc(Cl)c(NS(C)(=O)=O)c2)C1. The number of hydrogen-bond acceptors (Lipinski definition) is 6. The summed E-state index contributed by atoms with van der Waals surface area (Å²) in [7, 11) is -2.09. The Labute approximate surface area is 181 Å². The number of carbonyl (C=O) groups excluding carboxylic acids is 3. The molecule has 1 aromatic rings. The van der Waals surface area contributed by atoms with E-state index in [9.17, 15) is 22.8 Å². The molecule has 2 amide bonds. The van der Waals surface area contributed by atoms with E-state index in [0.717, 1.165) is 6.26 Å². The summed E-state index contributed by atoms with van der Waals surface area (Å²) in [5.74, 6) is -1.41. The minimum Gasteiger partial charge on any atom is -0.466 e. The molecule has 0 radical (unpaired) electrons. The van der Waals surface area contributed by atoms with Crippen LogP contribution in [0, 0.1) is 5.92 Å². The Hall–Kier alpha value is -2.33. The van der Waals surface area contributed by atoms with E-state index in [1.165, 1.54) is 30.1 Å². The third-order valence-electron chi connectivity index (χ3n) is 4.62. The molecular weight excluding hydrogens is 434 g/mol. The van der Waals surface area contributed by atoms with Crippen molar-refractivity contribution in [2.75, 3.05) is 44.3 Å². The zero-order valence-corrected chi connectivity index (χ0v) is 18.8. The number of anilines is 1. The van der Waals surface area contributed by atoms with Gasteiger partial charge in [-0.05, 0) is 38.0 Å². The van der Waals surface area contributed by atoms with Gasteiger partial charge in [-0.15, -0.1) is 0 Å². The molecule has 1 aliphatic rings. The van der Waals surface area contributed by atoms with Crippen LogP contribution in [-0.4, -0.2) is 75.5 Å². The van der Waals surface area contributed by atoms with Crippen molar-refractivity contribution >= 4 is 45.1 Å². The number of esters is 1. The highest BCUT2D eigenvalue weighted by atomic mass is 35.5. The molecule has 9 nitrogen and oxygen atoms in total. The molecule has 1 aliphatic heterocycles. The van der Waals surface area contributed by atoms with Crippen LogP contribution < -0.4 is 4.72 Å². The van der Waals surface area contributed by atoms with Gasteiger partial charge in [0, 0.05) is 25.7 Å². The summed E-state index contributed by atoms with van der Waals surface area (Å²) >= 11 is 5.98. The van der Waals surface area contributed by atoms with Crippen molar-refractivity contribution in [3.63, 3.8) is 0 Å². The lowest BCUT2D eigenvalue weighted by Gasteiger charge is -2.32. The summed E-state index contributed by atoms with van der Waals surface area (Å²) in [4.78, 5) is 40.1. The molecule has 0 aromatic heterocycles. The first-order valence-corrected chi connectivity index (χ1v) is 11.8. The number of sulfonamides is 1. The molecule has 1 N–H and O–H groups in total. The fraction of sp³-hybridized carbons (Fsp3) is 0.526. The number of hydrogen-bond donors (Lipinski definition) is 1. The van der Waals surface area contributed by atoms with Crippen LogP contribution in [0.4, 0.5) is 5.69 Å². The number of amides is 2. The third kappa shape index (κ3) is 6.60. The lowest BCUT2D eigenvalue weighted by molar-refractivity contribution is -0.151. The summed E-state index contributed by atoms with van der Waals surface area (Å²) in [6, 6.07) is 4.19. The Kier molecular flexibility index (Phi) is 8.08. The number of likely N-dealkylation sites (N-methyl/N-ethyl adjacent to an activating group) is 1. The van der Waals surface area contributed by atoms with Crippen LogP contribution in [0.2, 0.25) is 5.02 Å². The standard InChI is InChI=1S/C19H26ClN3O6S/c1-4-29-19(26)14-6-5-9-23(11-14)17(24)12-22(2)18(25)13-7-8-15(20)16(10-13)21-30(3,27)28/h7-8,10,14,21H,4-6,9,11-12H2,1-3H3. The second-order valence-electron chi connectivity index (χ2n) is 7.16. The van der Waals surface area contributed by atoms with Crippen LogP contribution in [0.5, 0.6) is 0 Å². The van der Waals surface area contributed by atoms with Crippen molar-refractivity contribution in [3.05, 3.63) is 28.8 Å². The highest BCUT2D eigenvalue weighted by Crippen LogP contribution is 2.24. The fourth-order valence-electron chi connectivity index (χ4n) is 3.19. The molecule has 1 heterocycles. The average Bonchev–Trinajstić information content (AvgIpc) is 2.68. The molecular formula is C19H26ClN3O6S. The molecule has 0 aliphatic carbocycles. The number of carbonyl (C=O) groups is 3. The van der Waals surface area contributed by atoms with Crippen LogP contribution in [0.15, 0.2) is 18.2 Å². The minimum atomic E-state index is -3.57. The predicted octanol–water partition coefficient (Wildman–Crippen LogP) is 1.59. The maximum Gasteiger partial charge on any atom is 0.310 e. The van der Waals surface area contributed by atoms with Crippen molar-refractivity contribution < 1.29 is 27.5 Å². The molecule has 0 saturated carbocycles. The number of ether oxygens (including phenoxy) is 1. The molecule has 1 saturated heterocycles. The van der Waals surface area contributed by atoms with Crippen molar-refractivity contribution in [1.82, 2.24) is 9.80 Å². The zero-order valence-electron chi connectivity index (χ0n) is 17.2. The van der Waals surface area contributed by atoms with Crippen LogP contribution in [0.25, 0.3) is 0 Å². The van der Waals surface area contributed by atoms with Crippen molar-refractivity contribution in [2.45, 2.75) is 19.8 Å². The predicted molar refractivity (Wildman–Crippen MR) is 113 cm³/mol. The first-order valence-electron chi connectivity index (χ1n) is 9.49. The smallest absolute Gasteiger partial charge is 0.310 e. The Morgan fingerprint density at radius 1 is 1.33 bits per heavy atom. The van der Waals surface area contributed by atoms with Gasteiger partial charge in [-0.1, -0.05) is 11.6 Å². The Morgan fingerprint density at radius 2 is 2.03 bits per heavy atom. The zero-order chi connectivity index (χ0) is 22.5. The summed E-state index contributed by atoms with van der Waals surface area (Å²) < 4.78 is 30.2. The number of halogens is 1. The summed E-state index contributed by atoms with van der Waals surface area (Å²) in [6.07, 6.45) is 2.33. The van der Waals surface area contributed by atoms with E-state index in [1.807, 2.05) is 0 Å². The number of rotatable bonds is 7. The quantitative estimate of drug-likeness (QED) is 0.619. The number of piperidine rings is 1. The highest BCUT2D eigenvalue weighted by molar-refractivity contribution is 7.92. The van der Waals surface area contributed by atoms with Gasteiger partial charge in [0.15, 0.2) is 0 Å². The van der Waals surface area contributed by atoms with Gasteiger partial charge in [-0.3, -0.25) is 19.1 Å². The van der Waals surface area contributed by atoms with Crippen LogP contribution >= 0.6 is 11.6 Å². The van der Waals surface area contributed by atoms with Gasteiger partial charge in [0.05, 0.1) is 36.0 Å². The molecule has 166 valence electrons. The topological polar surface area (TPSA) is 113 Å². The molecule has 0 spiro atoms. The molecule has 1 atom stereocenters. The minimum absolute atomic E-state index is 0.0815. The van der Waals surface area contributed by atoms with E-state index in [-0.39, 0.29) is 53.8 Å². The average molecular weight is 460 g/mol. The fourth-order valence-corrected chi connectivity index (χ4v) is 3.98. The van der Waals surface area contributed by atoms with Crippen LogP contribution in [0.1, 0.15) is 30.1 Å². The molecule has 0 bridgehead atoms. The molecule has 1 aromatic carbocycles. The summed E-state index contributed by atoms with van der Waals surface area (Å²) in [5.41, 5.74) is 0.266. The molecule has 2 rings (SSSR count). The Morgan fingerprint density at radius 3 is 2.67 bits per heavy atom. The first kappa shape index (κ1) is 23.9. The normalized spacial score (nSPS) is 16.7. The largest absolute Gasteiger partial charge is 0.466 e.